The molecule has 0 saturated heterocycles. The molecule has 0 fully saturated rings. The lowest BCUT2D eigenvalue weighted by molar-refractivity contribution is -0.859. The Kier molecular flexibility index (Phi) is 7.63. The number of carbonyl (C=O) groups is 1. The van der Waals surface area contributed by atoms with Crippen LogP contribution in [0, 0.1) is 0 Å². The molecule has 0 aromatic carbocycles. The van der Waals surface area contributed by atoms with Crippen molar-refractivity contribution in [3.05, 3.63) is 12.4 Å². The maximum absolute atomic E-state index is 9.98. The topological polar surface area (TPSA) is 29.5 Å². The summed E-state index contributed by atoms with van der Waals surface area (Å²) in [5.41, 5.74) is 0. The Labute approximate surface area is 105 Å². The van der Waals surface area contributed by atoms with Crippen molar-refractivity contribution in [1.29, 1.82) is 0 Å². The van der Waals surface area contributed by atoms with Crippen molar-refractivity contribution in [1.82, 2.24) is 4.90 Å². The molecule has 0 bridgehead atoms. The normalized spacial score (nSPS) is 22.1. The average Bonchev–Trinajstić information content (AvgIpc) is 2.70. The van der Waals surface area contributed by atoms with Gasteiger partial charge >= 0.3 is 5.97 Å². The molecule has 1 atom stereocenters. The maximum Gasteiger partial charge on any atom is 0.302 e. The first kappa shape index (κ1) is 16.0. The third kappa shape index (κ3) is 7.00. The van der Waals surface area contributed by atoms with E-state index in [1.165, 1.54) is 13.5 Å². The second kappa shape index (κ2) is 8.12. The van der Waals surface area contributed by atoms with Crippen LogP contribution in [0.15, 0.2) is 12.4 Å². The van der Waals surface area contributed by atoms with Gasteiger partial charge in [-0.15, -0.1) is 0 Å². The SMILES string of the molecule is CCCOC(C)=O.CCN1C=C[N+](C)(CC)C1. The van der Waals surface area contributed by atoms with Crippen LogP contribution in [-0.4, -0.2) is 48.8 Å². The number of ether oxygens (including phenoxy) is 1. The Hall–Kier alpha value is -1.03. The standard InChI is InChI=1S/C8H17N2.C5H10O2/c1-4-9-6-7-10(3,5-2)8-9;1-3-4-7-5(2)6/h6-7H,4-5,8H2,1-3H3;3-4H2,1-2H3/q+1;. The predicted octanol–water partition coefficient (Wildman–Crippen LogP) is 2.18. The fraction of sp³-hybridized carbons (Fsp3) is 0.769. The molecule has 1 aliphatic heterocycles. The number of hydrogen-bond donors (Lipinski definition) is 0. The maximum atomic E-state index is 9.98. The highest BCUT2D eigenvalue weighted by Crippen LogP contribution is 2.13. The molecular weight excluding hydrogens is 216 g/mol. The minimum absolute atomic E-state index is 0.193. The zero-order chi connectivity index (χ0) is 13.3. The van der Waals surface area contributed by atoms with Crippen molar-refractivity contribution in [2.24, 2.45) is 0 Å². The summed E-state index contributed by atoms with van der Waals surface area (Å²) in [5.74, 6) is -0.193. The van der Waals surface area contributed by atoms with Crippen molar-refractivity contribution in [3.8, 4) is 0 Å². The summed E-state index contributed by atoms with van der Waals surface area (Å²) in [6.07, 6.45) is 5.37. The Morgan fingerprint density at radius 2 is 2.06 bits per heavy atom. The summed E-state index contributed by atoms with van der Waals surface area (Å²) in [4.78, 5) is 12.3. The molecule has 1 unspecified atom stereocenters. The van der Waals surface area contributed by atoms with E-state index in [1.807, 2.05) is 6.92 Å². The zero-order valence-corrected chi connectivity index (χ0v) is 11.9. The largest absolute Gasteiger partial charge is 0.466 e. The molecule has 1 aliphatic rings. The van der Waals surface area contributed by atoms with Gasteiger partial charge in [-0.25, -0.2) is 0 Å². The first-order chi connectivity index (χ1) is 7.97. The number of hydrogen-bond acceptors (Lipinski definition) is 3. The Bertz CT molecular complexity index is 254. The lowest BCUT2D eigenvalue weighted by atomic mass is 10.5. The van der Waals surface area contributed by atoms with Crippen LogP contribution in [0.4, 0.5) is 0 Å². The predicted molar refractivity (Wildman–Crippen MR) is 70.0 cm³/mol. The molecule has 0 amide bonds. The minimum atomic E-state index is -0.193. The molecule has 0 aliphatic carbocycles. The van der Waals surface area contributed by atoms with E-state index in [9.17, 15) is 4.79 Å². The monoisotopic (exact) mass is 243 g/mol. The van der Waals surface area contributed by atoms with Crippen LogP contribution in [0.1, 0.15) is 34.1 Å². The average molecular weight is 243 g/mol. The third-order valence-electron chi connectivity index (χ3n) is 2.78. The molecule has 17 heavy (non-hydrogen) atoms. The number of quaternary nitrogens is 1. The van der Waals surface area contributed by atoms with E-state index in [0.717, 1.165) is 24.1 Å². The quantitative estimate of drug-likeness (QED) is 0.560. The fourth-order valence-electron chi connectivity index (χ4n) is 1.42. The molecule has 0 N–H and O–H groups in total. The molecule has 0 aromatic heterocycles. The molecule has 0 radical (unpaired) electrons. The Morgan fingerprint density at radius 3 is 2.29 bits per heavy atom. The summed E-state index contributed by atoms with van der Waals surface area (Å²) in [5, 5.41) is 0. The summed E-state index contributed by atoms with van der Waals surface area (Å²) in [7, 11) is 2.26. The van der Waals surface area contributed by atoms with Crippen molar-refractivity contribution in [2.45, 2.75) is 34.1 Å². The van der Waals surface area contributed by atoms with Crippen LogP contribution in [0.5, 0.6) is 0 Å². The lowest BCUT2D eigenvalue weighted by Crippen LogP contribution is -2.40. The van der Waals surface area contributed by atoms with Crippen LogP contribution >= 0.6 is 0 Å². The molecular formula is C13H27N2O2+. The van der Waals surface area contributed by atoms with Crippen LogP contribution < -0.4 is 0 Å². The van der Waals surface area contributed by atoms with Gasteiger partial charge in [0.1, 0.15) is 6.20 Å². The molecule has 1 rings (SSSR count). The number of esters is 1. The number of carbonyl (C=O) groups excluding carboxylic acids is 1. The Morgan fingerprint density at radius 1 is 1.41 bits per heavy atom. The smallest absolute Gasteiger partial charge is 0.302 e. The van der Waals surface area contributed by atoms with E-state index >= 15 is 0 Å². The third-order valence-corrected chi connectivity index (χ3v) is 2.78. The Balaban J connectivity index is 0.000000325. The van der Waals surface area contributed by atoms with Gasteiger partial charge in [0.2, 0.25) is 0 Å². The molecule has 4 heteroatoms. The zero-order valence-electron chi connectivity index (χ0n) is 11.9. The second-order valence-electron chi connectivity index (χ2n) is 4.48. The van der Waals surface area contributed by atoms with Gasteiger partial charge in [-0.1, -0.05) is 6.92 Å². The van der Waals surface area contributed by atoms with Gasteiger partial charge in [0, 0.05) is 13.5 Å². The summed E-state index contributed by atoms with van der Waals surface area (Å²) < 4.78 is 5.62. The minimum Gasteiger partial charge on any atom is -0.466 e. The van der Waals surface area contributed by atoms with Crippen LogP contribution in [0.3, 0.4) is 0 Å². The highest BCUT2D eigenvalue weighted by atomic mass is 16.5. The fourth-order valence-corrected chi connectivity index (χ4v) is 1.42. The van der Waals surface area contributed by atoms with Gasteiger partial charge in [0.05, 0.1) is 26.4 Å². The highest BCUT2D eigenvalue weighted by molar-refractivity contribution is 5.65. The summed E-state index contributed by atoms with van der Waals surface area (Å²) >= 11 is 0. The molecule has 100 valence electrons. The molecule has 0 spiro atoms. The van der Waals surface area contributed by atoms with Gasteiger partial charge in [0.15, 0.2) is 6.67 Å². The van der Waals surface area contributed by atoms with Crippen LogP contribution in [0.25, 0.3) is 0 Å². The van der Waals surface area contributed by atoms with E-state index in [-0.39, 0.29) is 5.97 Å². The van der Waals surface area contributed by atoms with Gasteiger partial charge in [-0.2, -0.15) is 0 Å². The highest BCUT2D eigenvalue weighted by Gasteiger charge is 2.23. The van der Waals surface area contributed by atoms with E-state index in [0.29, 0.717) is 6.61 Å². The van der Waals surface area contributed by atoms with Crippen molar-refractivity contribution in [2.75, 3.05) is 33.4 Å². The van der Waals surface area contributed by atoms with Crippen molar-refractivity contribution >= 4 is 5.97 Å². The van der Waals surface area contributed by atoms with Gasteiger partial charge in [-0.3, -0.25) is 9.28 Å². The van der Waals surface area contributed by atoms with E-state index in [2.05, 4.69) is 42.9 Å². The van der Waals surface area contributed by atoms with Crippen molar-refractivity contribution < 1.29 is 14.0 Å². The first-order valence-electron chi connectivity index (χ1n) is 6.38. The molecule has 4 nitrogen and oxygen atoms in total. The molecule has 0 saturated carbocycles. The van der Waals surface area contributed by atoms with Gasteiger partial charge in [0.25, 0.3) is 0 Å². The molecule has 1 heterocycles. The number of rotatable bonds is 4. The lowest BCUT2D eigenvalue weighted by Gasteiger charge is -2.26. The first-order valence-corrected chi connectivity index (χ1v) is 6.38. The van der Waals surface area contributed by atoms with Crippen LogP contribution in [0.2, 0.25) is 0 Å². The molecule has 0 aromatic rings. The van der Waals surface area contributed by atoms with Gasteiger partial charge < -0.3 is 9.64 Å². The van der Waals surface area contributed by atoms with E-state index < -0.39 is 0 Å². The van der Waals surface area contributed by atoms with Crippen LogP contribution in [-0.2, 0) is 9.53 Å². The second-order valence-corrected chi connectivity index (χ2v) is 4.48. The van der Waals surface area contributed by atoms with Gasteiger partial charge in [-0.05, 0) is 20.3 Å². The summed E-state index contributed by atoms with van der Waals surface area (Å²) in [6.45, 7) is 11.8. The van der Waals surface area contributed by atoms with E-state index in [4.69, 9.17) is 0 Å². The van der Waals surface area contributed by atoms with Crippen molar-refractivity contribution in [3.63, 3.8) is 0 Å². The summed E-state index contributed by atoms with van der Waals surface area (Å²) in [6, 6.07) is 0. The van der Waals surface area contributed by atoms with E-state index in [1.54, 1.807) is 0 Å². The number of nitrogens with zero attached hydrogens (tertiary/aromatic N) is 2.